The second-order valence-electron chi connectivity index (χ2n) is 12.5. The zero-order valence-electron chi connectivity index (χ0n) is 26.5. The molecule has 2 aliphatic rings. The summed E-state index contributed by atoms with van der Waals surface area (Å²) in [6, 6.07) is 12.8. The minimum Gasteiger partial charge on any atom is -0.481 e. The van der Waals surface area contributed by atoms with Crippen molar-refractivity contribution in [1.82, 2.24) is 15.1 Å². The van der Waals surface area contributed by atoms with Gasteiger partial charge in [-0.15, -0.1) is 0 Å². The number of benzene rings is 2. The van der Waals surface area contributed by atoms with Gasteiger partial charge in [0.05, 0.1) is 19.6 Å². The van der Waals surface area contributed by atoms with Gasteiger partial charge in [0, 0.05) is 44.0 Å². The molecule has 0 radical (unpaired) electrons. The van der Waals surface area contributed by atoms with Crippen LogP contribution in [0.15, 0.2) is 48.5 Å². The first kappa shape index (κ1) is 34.2. The second-order valence-corrected chi connectivity index (χ2v) is 12.5. The fourth-order valence-corrected chi connectivity index (χ4v) is 5.39. The monoisotopic (exact) mass is 637 g/mol. The lowest BCUT2D eigenvalue weighted by molar-refractivity contribution is -0.154. The van der Waals surface area contributed by atoms with Crippen LogP contribution in [0.4, 0.5) is 21.0 Å². The Hall–Kier alpha value is -4.65. The third-order valence-electron chi connectivity index (χ3n) is 7.74. The summed E-state index contributed by atoms with van der Waals surface area (Å²) in [7, 11) is 0. The maximum Gasteiger partial charge on any atom is 0.407 e. The van der Waals surface area contributed by atoms with E-state index in [4.69, 9.17) is 14.6 Å². The molecule has 46 heavy (non-hydrogen) atoms. The van der Waals surface area contributed by atoms with Crippen molar-refractivity contribution in [2.24, 2.45) is 5.92 Å². The van der Waals surface area contributed by atoms with Gasteiger partial charge in [-0.3, -0.25) is 14.4 Å². The number of carboxylic acid groups (broad SMARTS) is 1. The average molecular weight is 638 g/mol. The number of amides is 5. The molecule has 0 aliphatic carbocycles. The summed E-state index contributed by atoms with van der Waals surface area (Å²) in [5, 5.41) is 17.3. The van der Waals surface area contributed by atoms with Gasteiger partial charge in [0.1, 0.15) is 11.6 Å². The Morgan fingerprint density at radius 2 is 1.48 bits per heavy atom. The van der Waals surface area contributed by atoms with E-state index in [-0.39, 0.29) is 43.7 Å². The number of hydrogen-bond acceptors (Lipinski definition) is 7. The van der Waals surface area contributed by atoms with Crippen molar-refractivity contribution >= 4 is 41.3 Å². The molecule has 0 spiro atoms. The highest BCUT2D eigenvalue weighted by molar-refractivity contribution is 5.99. The lowest BCUT2D eigenvalue weighted by atomic mass is 9.93. The van der Waals surface area contributed by atoms with Gasteiger partial charge in [0.2, 0.25) is 11.8 Å². The van der Waals surface area contributed by atoms with Crippen molar-refractivity contribution in [3.8, 4) is 0 Å². The first-order chi connectivity index (χ1) is 21.9. The molecule has 4 rings (SSSR count). The first-order valence-electron chi connectivity index (χ1n) is 15.5. The normalized spacial score (nSPS) is 17.2. The standard InChI is InChI=1S/C33H43N5O8/c1-33(2,3)46-32(44)34-20-24-6-10-26(11-7-24)36-31(43)35-25-8-4-22(5-9-25)18-28(39)38-16-17-45-21-27(38)30(42)37-14-12-23(13-15-37)19-29(40)41/h4-11,23,27H,12-21H2,1-3H3,(H,34,44)(H,40,41)(H2,35,36,43). The number of alkyl carbamates (subject to hydrolysis) is 1. The number of anilines is 2. The van der Waals surface area contributed by atoms with Crippen molar-refractivity contribution in [2.45, 2.75) is 64.6 Å². The molecule has 2 aliphatic heterocycles. The van der Waals surface area contributed by atoms with E-state index in [0.29, 0.717) is 50.5 Å². The maximum absolute atomic E-state index is 13.3. The molecule has 1 atom stereocenters. The van der Waals surface area contributed by atoms with Crippen LogP contribution in [0.1, 0.15) is 51.2 Å². The molecule has 1 unspecified atom stereocenters. The van der Waals surface area contributed by atoms with Crippen molar-refractivity contribution in [3.05, 3.63) is 59.7 Å². The molecule has 0 bridgehead atoms. The number of ether oxygens (including phenoxy) is 2. The van der Waals surface area contributed by atoms with Gasteiger partial charge in [-0.25, -0.2) is 9.59 Å². The Balaban J connectivity index is 1.24. The number of aliphatic carboxylic acids is 1. The van der Waals surface area contributed by atoms with Gasteiger partial charge >= 0.3 is 18.1 Å². The summed E-state index contributed by atoms with van der Waals surface area (Å²) in [6.07, 6.45) is 0.933. The molecule has 2 aromatic carbocycles. The topological polar surface area (TPSA) is 167 Å². The third-order valence-corrected chi connectivity index (χ3v) is 7.74. The number of carboxylic acids is 1. The number of carbonyl (C=O) groups is 5. The number of likely N-dealkylation sites (tertiary alicyclic amines) is 1. The van der Waals surface area contributed by atoms with Crippen LogP contribution in [-0.2, 0) is 36.8 Å². The van der Waals surface area contributed by atoms with E-state index >= 15 is 0 Å². The lowest BCUT2D eigenvalue weighted by Crippen LogP contribution is -2.58. The molecule has 5 amide bonds. The molecule has 2 aromatic rings. The molecule has 248 valence electrons. The smallest absolute Gasteiger partial charge is 0.407 e. The van der Waals surface area contributed by atoms with Crippen molar-refractivity contribution in [1.29, 1.82) is 0 Å². The number of morpholine rings is 1. The number of nitrogens with zero attached hydrogens (tertiary/aromatic N) is 2. The van der Waals surface area contributed by atoms with E-state index in [1.165, 1.54) is 0 Å². The molecule has 0 aromatic heterocycles. The van der Waals surface area contributed by atoms with Crippen LogP contribution < -0.4 is 16.0 Å². The SMILES string of the molecule is CC(C)(C)OC(=O)NCc1ccc(NC(=O)Nc2ccc(CC(=O)N3CCOCC3C(=O)N3CCC(CC(=O)O)CC3)cc2)cc1. The van der Waals surface area contributed by atoms with Crippen LogP contribution >= 0.6 is 0 Å². The van der Waals surface area contributed by atoms with Gasteiger partial charge < -0.3 is 40.3 Å². The van der Waals surface area contributed by atoms with Gasteiger partial charge in [0.25, 0.3) is 0 Å². The summed E-state index contributed by atoms with van der Waals surface area (Å²) in [6.45, 7) is 7.38. The molecule has 0 saturated carbocycles. The number of nitrogens with one attached hydrogen (secondary N) is 3. The number of piperidine rings is 1. The van der Waals surface area contributed by atoms with Crippen LogP contribution in [-0.4, -0.2) is 89.3 Å². The van der Waals surface area contributed by atoms with Crippen molar-refractivity contribution < 1.29 is 38.6 Å². The first-order valence-corrected chi connectivity index (χ1v) is 15.5. The maximum atomic E-state index is 13.3. The van der Waals surface area contributed by atoms with Crippen LogP contribution in [0, 0.1) is 5.92 Å². The molecule has 4 N–H and O–H groups in total. The minimum absolute atomic E-state index is 0.0539. The Labute approximate surface area is 268 Å². The Bertz CT molecular complexity index is 1380. The zero-order valence-corrected chi connectivity index (χ0v) is 26.5. The van der Waals surface area contributed by atoms with Crippen LogP contribution in [0.2, 0.25) is 0 Å². The molecule has 13 heteroatoms. The number of rotatable bonds is 9. The summed E-state index contributed by atoms with van der Waals surface area (Å²) < 4.78 is 10.8. The fraction of sp³-hybridized carbons (Fsp3) is 0.485. The molecular weight excluding hydrogens is 594 g/mol. The average Bonchev–Trinajstić information content (AvgIpc) is 3.00. The van der Waals surface area contributed by atoms with E-state index in [9.17, 15) is 24.0 Å². The summed E-state index contributed by atoms with van der Waals surface area (Å²) in [5.41, 5.74) is 2.10. The summed E-state index contributed by atoms with van der Waals surface area (Å²) in [5.74, 6) is -1.13. The lowest BCUT2D eigenvalue weighted by Gasteiger charge is -2.39. The van der Waals surface area contributed by atoms with Gasteiger partial charge in [-0.1, -0.05) is 24.3 Å². The van der Waals surface area contributed by atoms with E-state index in [1.54, 1.807) is 79.1 Å². The Morgan fingerprint density at radius 1 is 0.891 bits per heavy atom. The molecule has 2 heterocycles. The zero-order chi connectivity index (χ0) is 33.3. The Morgan fingerprint density at radius 3 is 2.04 bits per heavy atom. The van der Waals surface area contributed by atoms with Gasteiger partial charge in [-0.05, 0) is 74.9 Å². The fourth-order valence-electron chi connectivity index (χ4n) is 5.39. The molecule has 13 nitrogen and oxygen atoms in total. The summed E-state index contributed by atoms with van der Waals surface area (Å²) in [4.78, 5) is 65.3. The van der Waals surface area contributed by atoms with Crippen LogP contribution in [0.25, 0.3) is 0 Å². The number of carbonyl (C=O) groups excluding carboxylic acids is 4. The second kappa shape index (κ2) is 15.6. The number of urea groups is 1. The molecule has 2 fully saturated rings. The van der Waals surface area contributed by atoms with Crippen LogP contribution in [0.5, 0.6) is 0 Å². The Kier molecular flexibility index (Phi) is 11.6. The van der Waals surface area contributed by atoms with Crippen LogP contribution in [0.3, 0.4) is 0 Å². The highest BCUT2D eigenvalue weighted by Crippen LogP contribution is 2.23. The van der Waals surface area contributed by atoms with Gasteiger partial charge in [-0.2, -0.15) is 0 Å². The number of hydrogen-bond donors (Lipinski definition) is 4. The summed E-state index contributed by atoms with van der Waals surface area (Å²) >= 11 is 0. The van der Waals surface area contributed by atoms with E-state index < -0.39 is 29.7 Å². The predicted molar refractivity (Wildman–Crippen MR) is 170 cm³/mol. The highest BCUT2D eigenvalue weighted by atomic mass is 16.6. The third kappa shape index (κ3) is 10.5. The quantitative estimate of drug-likeness (QED) is 0.322. The molecular formula is C33H43N5O8. The van der Waals surface area contributed by atoms with E-state index in [0.717, 1.165) is 11.1 Å². The van der Waals surface area contributed by atoms with Gasteiger partial charge in [0.15, 0.2) is 0 Å². The van der Waals surface area contributed by atoms with E-state index in [2.05, 4.69) is 16.0 Å². The van der Waals surface area contributed by atoms with Crippen molar-refractivity contribution in [2.75, 3.05) is 43.5 Å². The van der Waals surface area contributed by atoms with E-state index in [1.807, 2.05) is 0 Å². The minimum atomic E-state index is -0.830. The predicted octanol–water partition coefficient (Wildman–Crippen LogP) is 3.84. The molecule has 2 saturated heterocycles. The highest BCUT2D eigenvalue weighted by Gasteiger charge is 2.36. The largest absolute Gasteiger partial charge is 0.481 e. The van der Waals surface area contributed by atoms with Crippen molar-refractivity contribution in [3.63, 3.8) is 0 Å².